The Balaban J connectivity index is 2.31. The van der Waals surface area contributed by atoms with E-state index < -0.39 is 17.2 Å². The normalized spacial score (nSPS) is 10.6. The zero-order valence-corrected chi connectivity index (χ0v) is 10.8. The molecule has 0 saturated heterocycles. The third-order valence-electron chi connectivity index (χ3n) is 3.07. The number of benzene rings is 2. The average molecular weight is 284 g/mol. The first-order valence-corrected chi connectivity index (χ1v) is 6.26. The summed E-state index contributed by atoms with van der Waals surface area (Å²) in [6.45, 7) is 0. The topological polar surface area (TPSA) is 45.8 Å². The van der Waals surface area contributed by atoms with Crippen LogP contribution in [0.2, 0.25) is 0 Å². The SMILES string of the molecule is O=c1cnc(-c2ccccc2F)c(-c2ccccc2F)[nH]1. The smallest absolute Gasteiger partial charge is 0.266 e. The highest BCUT2D eigenvalue weighted by molar-refractivity contribution is 5.78. The van der Waals surface area contributed by atoms with E-state index >= 15 is 0 Å². The van der Waals surface area contributed by atoms with Gasteiger partial charge < -0.3 is 4.98 Å². The van der Waals surface area contributed by atoms with Crippen LogP contribution in [0.5, 0.6) is 0 Å². The number of H-pyrrole nitrogens is 1. The van der Waals surface area contributed by atoms with Gasteiger partial charge in [-0.25, -0.2) is 13.8 Å². The largest absolute Gasteiger partial charge is 0.319 e. The molecule has 1 heterocycles. The summed E-state index contributed by atoms with van der Waals surface area (Å²) in [4.78, 5) is 18.0. The summed E-state index contributed by atoms with van der Waals surface area (Å²) in [6.07, 6.45) is 1.05. The fourth-order valence-corrected chi connectivity index (χ4v) is 2.12. The van der Waals surface area contributed by atoms with Crippen LogP contribution in [-0.4, -0.2) is 9.97 Å². The van der Waals surface area contributed by atoms with Gasteiger partial charge in [0.05, 0.1) is 17.6 Å². The van der Waals surface area contributed by atoms with E-state index in [9.17, 15) is 13.6 Å². The minimum Gasteiger partial charge on any atom is -0.319 e. The Morgan fingerprint density at radius 1 is 0.857 bits per heavy atom. The molecule has 21 heavy (non-hydrogen) atoms. The van der Waals surface area contributed by atoms with Crippen molar-refractivity contribution in [2.75, 3.05) is 0 Å². The molecule has 0 radical (unpaired) electrons. The van der Waals surface area contributed by atoms with E-state index in [0.29, 0.717) is 0 Å². The second kappa shape index (κ2) is 5.28. The van der Waals surface area contributed by atoms with Crippen LogP contribution in [0.1, 0.15) is 0 Å². The summed E-state index contributed by atoms with van der Waals surface area (Å²) < 4.78 is 27.9. The van der Waals surface area contributed by atoms with E-state index in [0.717, 1.165) is 6.20 Å². The van der Waals surface area contributed by atoms with Crippen LogP contribution in [0.25, 0.3) is 22.5 Å². The van der Waals surface area contributed by atoms with Gasteiger partial charge in [-0.1, -0.05) is 24.3 Å². The van der Waals surface area contributed by atoms with E-state index in [1.807, 2.05) is 0 Å². The van der Waals surface area contributed by atoms with E-state index in [1.165, 1.54) is 30.3 Å². The molecule has 0 aliphatic rings. The minimum atomic E-state index is -0.515. The fourth-order valence-electron chi connectivity index (χ4n) is 2.12. The van der Waals surface area contributed by atoms with E-state index in [4.69, 9.17) is 0 Å². The molecular formula is C16H10F2N2O. The predicted octanol–water partition coefficient (Wildman–Crippen LogP) is 3.38. The molecule has 0 aliphatic heterocycles. The molecule has 3 aromatic rings. The zero-order valence-electron chi connectivity index (χ0n) is 10.8. The van der Waals surface area contributed by atoms with Gasteiger partial charge in [0.25, 0.3) is 5.56 Å². The highest BCUT2D eigenvalue weighted by Gasteiger charge is 2.15. The van der Waals surface area contributed by atoms with Crippen LogP contribution in [0.15, 0.2) is 59.5 Å². The molecule has 0 atom stereocenters. The highest BCUT2D eigenvalue weighted by atomic mass is 19.1. The van der Waals surface area contributed by atoms with Gasteiger partial charge in [-0.3, -0.25) is 4.79 Å². The van der Waals surface area contributed by atoms with Crippen LogP contribution in [-0.2, 0) is 0 Å². The third kappa shape index (κ3) is 2.45. The van der Waals surface area contributed by atoms with Gasteiger partial charge >= 0.3 is 0 Å². The van der Waals surface area contributed by atoms with Crippen molar-refractivity contribution in [1.82, 2.24) is 9.97 Å². The van der Waals surface area contributed by atoms with Crippen LogP contribution < -0.4 is 5.56 Å². The van der Waals surface area contributed by atoms with Crippen molar-refractivity contribution in [2.24, 2.45) is 0 Å². The maximum absolute atomic E-state index is 14.0. The maximum Gasteiger partial charge on any atom is 0.266 e. The standard InChI is InChI=1S/C16H10F2N2O/c17-12-7-3-1-5-10(12)15-16(20-14(21)9-19-15)11-6-2-4-8-13(11)18/h1-9H,(H,20,21). The molecule has 0 unspecified atom stereocenters. The molecule has 0 fully saturated rings. The summed E-state index contributed by atoms with van der Waals surface area (Å²) in [6, 6.07) is 12.0. The van der Waals surface area contributed by atoms with Crippen LogP contribution in [0.4, 0.5) is 8.78 Å². The average Bonchev–Trinajstić information content (AvgIpc) is 2.49. The molecule has 2 aromatic carbocycles. The number of nitrogens with one attached hydrogen (secondary N) is 1. The summed E-state index contributed by atoms with van der Waals surface area (Å²) in [5.74, 6) is -1.01. The monoisotopic (exact) mass is 284 g/mol. The van der Waals surface area contributed by atoms with Crippen molar-refractivity contribution in [1.29, 1.82) is 0 Å². The van der Waals surface area contributed by atoms with Crippen molar-refractivity contribution in [3.8, 4) is 22.5 Å². The van der Waals surface area contributed by atoms with Crippen molar-refractivity contribution >= 4 is 0 Å². The molecule has 0 aliphatic carbocycles. The molecule has 3 rings (SSSR count). The van der Waals surface area contributed by atoms with E-state index in [1.54, 1.807) is 18.2 Å². The van der Waals surface area contributed by atoms with Crippen molar-refractivity contribution in [3.05, 3.63) is 76.7 Å². The van der Waals surface area contributed by atoms with Gasteiger partial charge in [-0.15, -0.1) is 0 Å². The van der Waals surface area contributed by atoms with Gasteiger partial charge in [-0.05, 0) is 24.3 Å². The van der Waals surface area contributed by atoms with Crippen LogP contribution in [0.3, 0.4) is 0 Å². The highest BCUT2D eigenvalue weighted by Crippen LogP contribution is 2.30. The molecule has 1 aromatic heterocycles. The molecule has 3 nitrogen and oxygen atoms in total. The van der Waals surface area contributed by atoms with Gasteiger partial charge in [0.1, 0.15) is 11.6 Å². The lowest BCUT2D eigenvalue weighted by molar-refractivity contribution is 0.628. The Kier molecular flexibility index (Phi) is 3.31. The summed E-state index contributed by atoms with van der Waals surface area (Å²) in [5, 5.41) is 0. The Labute approximate surface area is 118 Å². The van der Waals surface area contributed by atoms with Gasteiger partial charge in [-0.2, -0.15) is 0 Å². The molecular weight excluding hydrogens is 274 g/mol. The number of hydrogen-bond acceptors (Lipinski definition) is 2. The first-order chi connectivity index (χ1) is 10.2. The number of rotatable bonds is 2. The minimum absolute atomic E-state index is 0.158. The van der Waals surface area contributed by atoms with Gasteiger partial charge in [0.2, 0.25) is 0 Å². The van der Waals surface area contributed by atoms with E-state index in [2.05, 4.69) is 9.97 Å². The van der Waals surface area contributed by atoms with E-state index in [-0.39, 0.29) is 22.5 Å². The molecule has 0 saturated carbocycles. The van der Waals surface area contributed by atoms with Gasteiger partial charge in [0.15, 0.2) is 0 Å². The molecule has 0 spiro atoms. The number of aromatic nitrogens is 2. The second-order valence-electron chi connectivity index (χ2n) is 4.43. The molecule has 104 valence electrons. The lowest BCUT2D eigenvalue weighted by atomic mass is 10.0. The first kappa shape index (κ1) is 13.2. The maximum atomic E-state index is 14.0. The van der Waals surface area contributed by atoms with Crippen LogP contribution in [0, 0.1) is 11.6 Å². The Morgan fingerprint density at radius 2 is 1.43 bits per heavy atom. The van der Waals surface area contributed by atoms with Crippen LogP contribution >= 0.6 is 0 Å². The Bertz CT molecular complexity index is 859. The Morgan fingerprint density at radius 3 is 2.05 bits per heavy atom. The summed E-state index contributed by atoms with van der Waals surface area (Å²) >= 11 is 0. The molecule has 0 bridgehead atoms. The molecule has 5 heteroatoms. The summed E-state index contributed by atoms with van der Waals surface area (Å²) in [5.41, 5.74) is 0.241. The van der Waals surface area contributed by atoms with Crippen molar-refractivity contribution < 1.29 is 8.78 Å². The quantitative estimate of drug-likeness (QED) is 0.784. The summed E-state index contributed by atoms with van der Waals surface area (Å²) in [7, 11) is 0. The predicted molar refractivity (Wildman–Crippen MR) is 75.6 cm³/mol. The van der Waals surface area contributed by atoms with Crippen molar-refractivity contribution in [2.45, 2.75) is 0 Å². The molecule has 1 N–H and O–H groups in total. The number of nitrogens with zero attached hydrogens (tertiary/aromatic N) is 1. The van der Waals surface area contributed by atoms with Crippen molar-refractivity contribution in [3.63, 3.8) is 0 Å². The lowest BCUT2D eigenvalue weighted by Gasteiger charge is -2.10. The third-order valence-corrected chi connectivity index (χ3v) is 3.07. The fraction of sp³-hybridized carbons (Fsp3) is 0. The lowest BCUT2D eigenvalue weighted by Crippen LogP contribution is -2.09. The number of halogens is 2. The first-order valence-electron chi connectivity index (χ1n) is 6.26. The number of hydrogen-bond donors (Lipinski definition) is 1. The zero-order chi connectivity index (χ0) is 14.8. The number of aromatic amines is 1. The second-order valence-corrected chi connectivity index (χ2v) is 4.43. The van der Waals surface area contributed by atoms with Gasteiger partial charge in [0, 0.05) is 11.1 Å². The molecule has 0 amide bonds. The Hall–Kier alpha value is -2.82.